The number of oxime groups is 1. The van der Waals surface area contributed by atoms with E-state index in [0.29, 0.717) is 18.7 Å². The molecule has 16 heavy (non-hydrogen) atoms. The van der Waals surface area contributed by atoms with E-state index in [1.807, 2.05) is 0 Å². The van der Waals surface area contributed by atoms with Gasteiger partial charge in [-0.1, -0.05) is 11.6 Å². The third-order valence-corrected chi connectivity index (χ3v) is 3.17. The maximum Gasteiger partial charge on any atom is 0.356 e. The fourth-order valence-corrected chi connectivity index (χ4v) is 2.35. The number of nitrogens with zero attached hydrogens (tertiary/aromatic N) is 1. The predicted molar refractivity (Wildman–Crippen MR) is 56.9 cm³/mol. The lowest BCUT2D eigenvalue weighted by Gasteiger charge is -2.36. The highest BCUT2D eigenvalue weighted by Crippen LogP contribution is 2.33. The molecule has 0 saturated heterocycles. The number of aliphatic hydroxyl groups excluding tert-OH is 1. The largest absolute Gasteiger partial charge is 0.461 e. The van der Waals surface area contributed by atoms with E-state index < -0.39 is 12.1 Å². The third-order valence-electron chi connectivity index (χ3n) is 3.17. The van der Waals surface area contributed by atoms with Gasteiger partial charge in [0.15, 0.2) is 11.8 Å². The van der Waals surface area contributed by atoms with Crippen LogP contribution in [0.25, 0.3) is 0 Å². The Balaban J connectivity index is 2.02. The zero-order chi connectivity index (χ0) is 11.5. The Morgan fingerprint density at radius 1 is 1.62 bits per heavy atom. The van der Waals surface area contributed by atoms with Crippen LogP contribution in [0.4, 0.5) is 0 Å². The summed E-state index contributed by atoms with van der Waals surface area (Å²) in [6, 6.07) is 0. The van der Waals surface area contributed by atoms with E-state index in [2.05, 4.69) is 5.16 Å². The van der Waals surface area contributed by atoms with Crippen LogP contribution < -0.4 is 0 Å². The smallest absolute Gasteiger partial charge is 0.356 e. The van der Waals surface area contributed by atoms with Crippen LogP contribution in [0.15, 0.2) is 5.16 Å². The van der Waals surface area contributed by atoms with Gasteiger partial charge in [-0.05, 0) is 19.8 Å². The first-order valence-electron chi connectivity index (χ1n) is 5.80. The number of ether oxygens (including phenoxy) is 1. The van der Waals surface area contributed by atoms with Gasteiger partial charge in [-0.2, -0.15) is 0 Å². The fraction of sp³-hybridized carbons (Fsp3) is 0.818. The van der Waals surface area contributed by atoms with Gasteiger partial charge < -0.3 is 14.7 Å². The highest BCUT2D eigenvalue weighted by Gasteiger charge is 2.39. The molecule has 90 valence electrons. The summed E-state index contributed by atoms with van der Waals surface area (Å²) in [4.78, 5) is 16.7. The van der Waals surface area contributed by atoms with E-state index >= 15 is 0 Å². The number of hydrogen-bond donors (Lipinski definition) is 1. The summed E-state index contributed by atoms with van der Waals surface area (Å²) in [5, 5.41) is 13.5. The normalized spacial score (nSPS) is 33.4. The lowest BCUT2D eigenvalue weighted by Crippen LogP contribution is -2.43. The number of aliphatic hydroxyl groups is 1. The maximum atomic E-state index is 11.5. The van der Waals surface area contributed by atoms with Gasteiger partial charge in [0.2, 0.25) is 0 Å². The Kier molecular flexibility index (Phi) is 3.43. The Morgan fingerprint density at radius 2 is 2.44 bits per heavy atom. The molecule has 1 aliphatic carbocycles. The topological polar surface area (TPSA) is 68.1 Å². The van der Waals surface area contributed by atoms with Crippen molar-refractivity contribution in [2.24, 2.45) is 11.1 Å². The average Bonchev–Trinajstić information content (AvgIpc) is 2.29. The molecule has 1 saturated carbocycles. The second-order valence-electron chi connectivity index (χ2n) is 4.29. The second kappa shape index (κ2) is 4.82. The molecule has 0 aromatic carbocycles. The first kappa shape index (κ1) is 11.4. The first-order chi connectivity index (χ1) is 7.72. The number of carbonyl (C=O) groups excluding carboxylic acids is 1. The van der Waals surface area contributed by atoms with Crippen LogP contribution in [0.3, 0.4) is 0 Å². The van der Waals surface area contributed by atoms with Crippen LogP contribution in [-0.2, 0) is 14.4 Å². The zero-order valence-corrected chi connectivity index (χ0v) is 9.39. The van der Waals surface area contributed by atoms with Gasteiger partial charge in [-0.25, -0.2) is 4.79 Å². The Labute approximate surface area is 94.4 Å². The number of esters is 1. The van der Waals surface area contributed by atoms with E-state index in [1.165, 1.54) is 0 Å². The van der Waals surface area contributed by atoms with Crippen molar-refractivity contribution in [1.82, 2.24) is 0 Å². The zero-order valence-electron chi connectivity index (χ0n) is 9.39. The molecule has 0 aromatic heterocycles. The van der Waals surface area contributed by atoms with Crippen LogP contribution in [0.2, 0.25) is 0 Å². The highest BCUT2D eigenvalue weighted by atomic mass is 16.6. The van der Waals surface area contributed by atoms with Crippen LogP contribution >= 0.6 is 0 Å². The molecule has 0 unspecified atom stereocenters. The molecule has 1 N–H and O–H groups in total. The highest BCUT2D eigenvalue weighted by molar-refractivity contribution is 6.36. The SMILES string of the molecule is CCOC(=O)C1=NO[C@@H]2[C@@H](CCC[C@@H]2O)C1. The van der Waals surface area contributed by atoms with Crippen molar-refractivity contribution in [3.8, 4) is 0 Å². The molecule has 1 aliphatic heterocycles. The van der Waals surface area contributed by atoms with Gasteiger partial charge in [0.05, 0.1) is 12.7 Å². The van der Waals surface area contributed by atoms with Crippen molar-refractivity contribution >= 4 is 11.7 Å². The summed E-state index contributed by atoms with van der Waals surface area (Å²) in [6.07, 6.45) is 2.56. The van der Waals surface area contributed by atoms with Crippen LogP contribution in [0.1, 0.15) is 32.6 Å². The summed E-state index contributed by atoms with van der Waals surface area (Å²) in [5.41, 5.74) is 0.345. The molecule has 5 nitrogen and oxygen atoms in total. The van der Waals surface area contributed by atoms with Gasteiger partial charge in [0.25, 0.3) is 0 Å². The van der Waals surface area contributed by atoms with E-state index in [0.717, 1.165) is 19.3 Å². The van der Waals surface area contributed by atoms with Gasteiger partial charge >= 0.3 is 5.97 Å². The molecule has 2 rings (SSSR count). The minimum Gasteiger partial charge on any atom is -0.461 e. The maximum absolute atomic E-state index is 11.5. The van der Waals surface area contributed by atoms with E-state index in [1.54, 1.807) is 6.92 Å². The summed E-state index contributed by atoms with van der Waals surface area (Å²) in [6.45, 7) is 2.10. The molecule has 0 amide bonds. The molecule has 0 spiro atoms. The third kappa shape index (κ3) is 2.19. The average molecular weight is 227 g/mol. The molecule has 0 radical (unpaired) electrons. The molecular weight excluding hydrogens is 210 g/mol. The van der Waals surface area contributed by atoms with E-state index in [-0.39, 0.29) is 12.0 Å². The monoisotopic (exact) mass is 227 g/mol. The second-order valence-corrected chi connectivity index (χ2v) is 4.29. The predicted octanol–water partition coefficient (Wildman–Crippen LogP) is 0.855. The summed E-state index contributed by atoms with van der Waals surface area (Å²) < 4.78 is 4.88. The Bertz CT molecular complexity index is 302. The molecule has 1 heterocycles. The van der Waals surface area contributed by atoms with Crippen molar-refractivity contribution in [3.63, 3.8) is 0 Å². The molecular formula is C11H17NO4. The standard InChI is InChI=1S/C11H17NO4/c1-2-15-11(14)8-6-7-4-3-5-9(13)10(7)16-12-8/h7,9-10,13H,2-6H2,1H3/t7-,9-,10+/m0/s1. The number of rotatable bonds is 2. The van der Waals surface area contributed by atoms with E-state index in [4.69, 9.17) is 9.57 Å². The fourth-order valence-electron chi connectivity index (χ4n) is 2.35. The molecule has 3 atom stereocenters. The van der Waals surface area contributed by atoms with Crippen molar-refractivity contribution in [2.75, 3.05) is 6.61 Å². The molecule has 2 aliphatic rings. The molecule has 0 aromatic rings. The minimum atomic E-state index is -0.453. The van der Waals surface area contributed by atoms with Crippen LogP contribution in [0.5, 0.6) is 0 Å². The van der Waals surface area contributed by atoms with Crippen LogP contribution in [0, 0.1) is 5.92 Å². The minimum absolute atomic E-state index is 0.195. The summed E-state index contributed by atoms with van der Waals surface area (Å²) in [7, 11) is 0. The number of fused-ring (bicyclic) bond motifs is 1. The lowest BCUT2D eigenvalue weighted by molar-refractivity contribution is -0.137. The van der Waals surface area contributed by atoms with Crippen molar-refractivity contribution in [1.29, 1.82) is 0 Å². The van der Waals surface area contributed by atoms with Crippen molar-refractivity contribution in [2.45, 2.75) is 44.8 Å². The van der Waals surface area contributed by atoms with Crippen LogP contribution in [-0.4, -0.2) is 35.6 Å². The number of hydrogen-bond acceptors (Lipinski definition) is 5. The van der Waals surface area contributed by atoms with Crippen molar-refractivity contribution in [3.05, 3.63) is 0 Å². The van der Waals surface area contributed by atoms with Gasteiger partial charge in [0.1, 0.15) is 0 Å². The molecule has 0 bridgehead atoms. The van der Waals surface area contributed by atoms with Crippen molar-refractivity contribution < 1.29 is 19.5 Å². The van der Waals surface area contributed by atoms with Gasteiger partial charge in [0, 0.05) is 12.3 Å². The van der Waals surface area contributed by atoms with E-state index in [9.17, 15) is 9.90 Å². The Hall–Kier alpha value is -1.10. The van der Waals surface area contributed by atoms with Gasteiger partial charge in [-0.3, -0.25) is 0 Å². The molecule has 1 fully saturated rings. The summed E-state index contributed by atoms with van der Waals surface area (Å²) in [5.74, 6) is -0.207. The Morgan fingerprint density at radius 3 is 3.19 bits per heavy atom. The molecule has 5 heteroatoms. The van der Waals surface area contributed by atoms with Gasteiger partial charge in [-0.15, -0.1) is 0 Å². The first-order valence-corrected chi connectivity index (χ1v) is 5.80. The lowest BCUT2D eigenvalue weighted by atomic mass is 9.81. The number of carbonyl (C=O) groups is 1. The quantitative estimate of drug-likeness (QED) is 0.710. The summed E-state index contributed by atoms with van der Waals surface area (Å²) >= 11 is 0.